The highest BCUT2D eigenvalue weighted by atomic mass is 16.5. The molecule has 0 radical (unpaired) electrons. The third-order valence-electron chi connectivity index (χ3n) is 4.67. The Labute approximate surface area is 122 Å². The maximum atomic E-state index is 12.0. The van der Waals surface area contributed by atoms with Crippen LogP contribution in [-0.4, -0.2) is 66.7 Å². The molecule has 2 unspecified atom stereocenters. The zero-order valence-electron chi connectivity index (χ0n) is 12.9. The molecule has 0 aliphatic carbocycles. The van der Waals surface area contributed by atoms with Crippen LogP contribution < -0.4 is 5.73 Å². The Bertz CT molecular complexity index is 316. The molecule has 2 fully saturated rings. The van der Waals surface area contributed by atoms with E-state index in [4.69, 9.17) is 10.5 Å². The lowest BCUT2D eigenvalue weighted by molar-refractivity contribution is -0.149. The summed E-state index contributed by atoms with van der Waals surface area (Å²) in [5.74, 6) is -0.0590. The molecule has 0 aromatic carbocycles. The zero-order chi connectivity index (χ0) is 14.5. The van der Waals surface area contributed by atoms with Gasteiger partial charge in [0.2, 0.25) is 0 Å². The van der Waals surface area contributed by atoms with E-state index in [1.807, 2.05) is 6.92 Å². The average Bonchev–Trinajstić information content (AvgIpc) is 2.90. The smallest absolute Gasteiger partial charge is 0.323 e. The second-order valence-corrected chi connectivity index (χ2v) is 5.99. The minimum absolute atomic E-state index is 0.0590. The van der Waals surface area contributed by atoms with Gasteiger partial charge >= 0.3 is 5.97 Å². The van der Waals surface area contributed by atoms with E-state index in [9.17, 15) is 4.79 Å². The molecule has 2 N–H and O–H groups in total. The fourth-order valence-electron chi connectivity index (χ4n) is 3.45. The molecule has 116 valence electrons. The van der Waals surface area contributed by atoms with Crippen molar-refractivity contribution >= 4 is 5.97 Å². The summed E-state index contributed by atoms with van der Waals surface area (Å²) in [4.78, 5) is 16.9. The van der Waals surface area contributed by atoms with Crippen molar-refractivity contribution in [2.45, 2.75) is 57.7 Å². The van der Waals surface area contributed by atoms with E-state index in [0.29, 0.717) is 18.7 Å². The number of ether oxygens (including phenoxy) is 1. The topological polar surface area (TPSA) is 58.8 Å². The second kappa shape index (κ2) is 7.38. The van der Waals surface area contributed by atoms with Crippen molar-refractivity contribution in [2.75, 3.05) is 32.8 Å². The van der Waals surface area contributed by atoms with Crippen LogP contribution in [0.15, 0.2) is 0 Å². The van der Waals surface area contributed by atoms with Crippen LogP contribution in [-0.2, 0) is 9.53 Å². The van der Waals surface area contributed by atoms with Gasteiger partial charge in [-0.1, -0.05) is 6.92 Å². The molecule has 0 amide bonds. The summed E-state index contributed by atoms with van der Waals surface area (Å²) >= 11 is 0. The van der Waals surface area contributed by atoms with Crippen LogP contribution in [0.4, 0.5) is 0 Å². The third-order valence-corrected chi connectivity index (χ3v) is 4.67. The van der Waals surface area contributed by atoms with Gasteiger partial charge in [0.15, 0.2) is 0 Å². The van der Waals surface area contributed by atoms with Crippen molar-refractivity contribution in [3.63, 3.8) is 0 Å². The number of carbonyl (C=O) groups excluding carboxylic acids is 1. The molecule has 5 nitrogen and oxygen atoms in total. The summed E-state index contributed by atoms with van der Waals surface area (Å²) in [6.07, 6.45) is 4.19. The second-order valence-electron chi connectivity index (χ2n) is 5.99. The van der Waals surface area contributed by atoms with Crippen molar-refractivity contribution < 1.29 is 9.53 Å². The van der Waals surface area contributed by atoms with Crippen LogP contribution in [0.25, 0.3) is 0 Å². The lowest BCUT2D eigenvalue weighted by Gasteiger charge is -2.35. The number of carbonyl (C=O) groups is 1. The van der Waals surface area contributed by atoms with Gasteiger partial charge in [-0.3, -0.25) is 14.6 Å². The fourth-order valence-corrected chi connectivity index (χ4v) is 3.45. The molecule has 0 aromatic heterocycles. The third kappa shape index (κ3) is 3.71. The highest BCUT2D eigenvalue weighted by Crippen LogP contribution is 2.22. The minimum atomic E-state index is -0.0630. The van der Waals surface area contributed by atoms with Gasteiger partial charge in [-0.05, 0) is 45.7 Å². The first-order valence-electron chi connectivity index (χ1n) is 8.06. The van der Waals surface area contributed by atoms with E-state index in [-0.39, 0.29) is 12.0 Å². The first kappa shape index (κ1) is 15.7. The minimum Gasteiger partial charge on any atom is -0.465 e. The standard InChI is InChI=1S/C15H29N3O2/c1-3-14(15(19)20-4-2)18-10-7-13(11-18)17-8-5-12(16)6-9-17/h12-14H,3-11,16H2,1-2H3. The van der Waals surface area contributed by atoms with Crippen LogP contribution in [0, 0.1) is 0 Å². The van der Waals surface area contributed by atoms with Crippen molar-refractivity contribution in [1.82, 2.24) is 9.80 Å². The molecular weight excluding hydrogens is 254 g/mol. The number of esters is 1. The number of nitrogens with zero attached hydrogens (tertiary/aromatic N) is 2. The molecule has 2 heterocycles. The van der Waals surface area contributed by atoms with E-state index < -0.39 is 0 Å². The highest BCUT2D eigenvalue weighted by molar-refractivity contribution is 5.75. The Hall–Kier alpha value is -0.650. The number of piperidine rings is 1. The molecule has 2 aliphatic rings. The molecule has 2 saturated heterocycles. The summed E-state index contributed by atoms with van der Waals surface area (Å²) in [6.45, 7) is 8.61. The maximum absolute atomic E-state index is 12.0. The van der Waals surface area contributed by atoms with Gasteiger partial charge in [-0.25, -0.2) is 0 Å². The Morgan fingerprint density at radius 1 is 1.25 bits per heavy atom. The Kier molecular flexibility index (Phi) is 5.81. The van der Waals surface area contributed by atoms with Gasteiger partial charge in [-0.15, -0.1) is 0 Å². The fraction of sp³-hybridized carbons (Fsp3) is 0.933. The van der Waals surface area contributed by atoms with E-state index >= 15 is 0 Å². The lowest BCUT2D eigenvalue weighted by atomic mass is 10.0. The molecule has 5 heteroatoms. The number of hydrogen-bond donors (Lipinski definition) is 1. The number of rotatable bonds is 5. The van der Waals surface area contributed by atoms with Crippen LogP contribution in [0.5, 0.6) is 0 Å². The normalized spacial score (nSPS) is 27.6. The first-order chi connectivity index (χ1) is 9.65. The molecule has 0 saturated carbocycles. The Balaban J connectivity index is 1.85. The SMILES string of the molecule is CCOC(=O)C(CC)N1CCC(N2CCC(N)CC2)C1. The number of likely N-dealkylation sites (tertiary alicyclic amines) is 2. The lowest BCUT2D eigenvalue weighted by Crippen LogP contribution is -2.47. The highest BCUT2D eigenvalue weighted by Gasteiger charge is 2.35. The van der Waals surface area contributed by atoms with Crippen molar-refractivity contribution in [3.8, 4) is 0 Å². The van der Waals surface area contributed by atoms with Crippen molar-refractivity contribution in [1.29, 1.82) is 0 Å². The monoisotopic (exact) mass is 283 g/mol. The molecular formula is C15H29N3O2. The van der Waals surface area contributed by atoms with Gasteiger partial charge in [0.05, 0.1) is 6.61 Å². The molecule has 2 rings (SSSR count). The van der Waals surface area contributed by atoms with Gasteiger partial charge in [0, 0.05) is 25.2 Å². The summed E-state index contributed by atoms with van der Waals surface area (Å²) in [6, 6.07) is 0.907. The van der Waals surface area contributed by atoms with Gasteiger partial charge in [0.25, 0.3) is 0 Å². The molecule has 20 heavy (non-hydrogen) atoms. The summed E-state index contributed by atoms with van der Waals surface area (Å²) in [5, 5.41) is 0. The van der Waals surface area contributed by atoms with Crippen LogP contribution >= 0.6 is 0 Å². The quantitative estimate of drug-likeness (QED) is 0.757. The van der Waals surface area contributed by atoms with E-state index in [1.165, 1.54) is 0 Å². The largest absolute Gasteiger partial charge is 0.465 e. The van der Waals surface area contributed by atoms with Gasteiger partial charge < -0.3 is 10.5 Å². The van der Waals surface area contributed by atoms with E-state index in [1.54, 1.807) is 0 Å². The number of nitrogens with two attached hydrogens (primary N) is 1. The molecule has 0 aromatic rings. The van der Waals surface area contributed by atoms with Crippen molar-refractivity contribution in [3.05, 3.63) is 0 Å². The molecule has 0 bridgehead atoms. The maximum Gasteiger partial charge on any atom is 0.323 e. The van der Waals surface area contributed by atoms with Crippen molar-refractivity contribution in [2.24, 2.45) is 5.73 Å². The Morgan fingerprint density at radius 3 is 2.55 bits per heavy atom. The van der Waals surface area contributed by atoms with Gasteiger partial charge in [0.1, 0.15) is 6.04 Å². The molecule has 2 atom stereocenters. The summed E-state index contributed by atoms with van der Waals surface area (Å²) < 4.78 is 5.19. The number of hydrogen-bond acceptors (Lipinski definition) is 5. The predicted molar refractivity (Wildman–Crippen MR) is 79.5 cm³/mol. The average molecular weight is 283 g/mol. The van der Waals surface area contributed by atoms with E-state index in [0.717, 1.165) is 51.9 Å². The summed E-state index contributed by atoms with van der Waals surface area (Å²) in [7, 11) is 0. The van der Waals surface area contributed by atoms with Gasteiger partial charge in [-0.2, -0.15) is 0 Å². The predicted octanol–water partition coefficient (Wildman–Crippen LogP) is 0.826. The summed E-state index contributed by atoms with van der Waals surface area (Å²) in [5.41, 5.74) is 5.97. The van der Waals surface area contributed by atoms with E-state index in [2.05, 4.69) is 16.7 Å². The zero-order valence-corrected chi connectivity index (χ0v) is 12.9. The van der Waals surface area contributed by atoms with Crippen LogP contribution in [0.2, 0.25) is 0 Å². The van der Waals surface area contributed by atoms with Crippen LogP contribution in [0.3, 0.4) is 0 Å². The molecule has 0 spiro atoms. The van der Waals surface area contributed by atoms with Crippen LogP contribution in [0.1, 0.15) is 39.5 Å². The molecule has 2 aliphatic heterocycles. The Morgan fingerprint density at radius 2 is 1.95 bits per heavy atom. The first-order valence-corrected chi connectivity index (χ1v) is 8.06.